The lowest BCUT2D eigenvalue weighted by Gasteiger charge is -2.15. The van der Waals surface area contributed by atoms with E-state index in [1.165, 1.54) is 18.3 Å². The largest absolute Gasteiger partial charge is 0.494 e. The number of halogens is 1. The molecule has 1 heterocycles. The number of ether oxygens (including phenoxy) is 2. The first-order valence-electron chi connectivity index (χ1n) is 8.42. The van der Waals surface area contributed by atoms with E-state index in [2.05, 4.69) is 9.71 Å². The molecule has 0 amide bonds. The minimum atomic E-state index is -4.02. The van der Waals surface area contributed by atoms with Gasteiger partial charge in [-0.1, -0.05) is 0 Å². The van der Waals surface area contributed by atoms with Crippen molar-refractivity contribution >= 4 is 26.6 Å². The summed E-state index contributed by atoms with van der Waals surface area (Å²) >= 11 is 0. The van der Waals surface area contributed by atoms with Crippen molar-refractivity contribution in [2.45, 2.75) is 18.7 Å². The van der Waals surface area contributed by atoms with Crippen LogP contribution >= 0.6 is 0 Å². The van der Waals surface area contributed by atoms with E-state index in [9.17, 15) is 12.8 Å². The van der Waals surface area contributed by atoms with Crippen LogP contribution in [0.1, 0.15) is 13.8 Å². The third kappa shape index (κ3) is 3.95. The van der Waals surface area contributed by atoms with Crippen LogP contribution < -0.4 is 14.2 Å². The summed E-state index contributed by atoms with van der Waals surface area (Å²) in [5.74, 6) is 0.288. The molecule has 0 atom stereocenters. The van der Waals surface area contributed by atoms with Crippen LogP contribution in [0.25, 0.3) is 10.9 Å². The Bertz CT molecular complexity index is 1070. The molecule has 0 aliphatic carbocycles. The third-order valence-corrected chi connectivity index (χ3v) is 5.20. The molecule has 6 nitrogen and oxygen atoms in total. The molecule has 0 fully saturated rings. The lowest BCUT2D eigenvalue weighted by atomic mass is 10.2. The van der Waals surface area contributed by atoms with E-state index in [1.807, 2.05) is 6.92 Å². The number of pyridine rings is 1. The lowest BCUT2D eigenvalue weighted by molar-refractivity contribution is 0.332. The van der Waals surface area contributed by atoms with Crippen LogP contribution in [0, 0.1) is 5.82 Å². The summed E-state index contributed by atoms with van der Waals surface area (Å²) in [7, 11) is -4.02. The van der Waals surface area contributed by atoms with E-state index < -0.39 is 15.8 Å². The monoisotopic (exact) mass is 390 g/mol. The quantitative estimate of drug-likeness (QED) is 0.660. The molecule has 0 unspecified atom stereocenters. The van der Waals surface area contributed by atoms with E-state index in [-0.39, 0.29) is 21.5 Å². The molecule has 0 aliphatic rings. The summed E-state index contributed by atoms with van der Waals surface area (Å²) in [4.78, 5) is 3.86. The van der Waals surface area contributed by atoms with Crippen LogP contribution in [0.4, 0.5) is 10.1 Å². The van der Waals surface area contributed by atoms with Gasteiger partial charge in [-0.15, -0.1) is 0 Å². The molecule has 8 heteroatoms. The maximum atomic E-state index is 14.0. The number of fused-ring (bicyclic) bond motifs is 1. The molecule has 0 aliphatic heterocycles. The van der Waals surface area contributed by atoms with Gasteiger partial charge in [0.1, 0.15) is 22.8 Å². The molecular weight excluding hydrogens is 371 g/mol. The van der Waals surface area contributed by atoms with Crippen molar-refractivity contribution in [1.29, 1.82) is 0 Å². The summed E-state index contributed by atoms with van der Waals surface area (Å²) in [5.41, 5.74) is 0.234. The standard InChI is InChI=1S/C19H19FN2O4S/c1-3-25-13-7-9-17(26-4-2)16(12-13)22-27(23,24)18-10-8-15(20)19-14(18)6-5-11-21-19/h5-12,22H,3-4H2,1-2H3. The Labute approximate surface area is 157 Å². The number of rotatable bonds is 7. The molecule has 142 valence electrons. The highest BCUT2D eigenvalue weighted by atomic mass is 32.2. The molecule has 0 bridgehead atoms. The Morgan fingerprint density at radius 1 is 1.07 bits per heavy atom. The number of hydrogen-bond acceptors (Lipinski definition) is 5. The number of nitrogens with one attached hydrogen (secondary N) is 1. The van der Waals surface area contributed by atoms with E-state index >= 15 is 0 Å². The SMILES string of the molecule is CCOc1ccc(OCC)c(NS(=O)(=O)c2ccc(F)c3ncccc23)c1. The van der Waals surface area contributed by atoms with Gasteiger partial charge in [0, 0.05) is 17.6 Å². The van der Waals surface area contributed by atoms with Crippen LogP contribution in [0.3, 0.4) is 0 Å². The molecule has 27 heavy (non-hydrogen) atoms. The van der Waals surface area contributed by atoms with Crippen molar-refractivity contribution in [3.05, 3.63) is 54.5 Å². The molecule has 0 spiro atoms. The van der Waals surface area contributed by atoms with Crippen molar-refractivity contribution in [2.75, 3.05) is 17.9 Å². The molecule has 0 saturated carbocycles. The van der Waals surface area contributed by atoms with Crippen molar-refractivity contribution in [2.24, 2.45) is 0 Å². The van der Waals surface area contributed by atoms with Gasteiger partial charge in [0.25, 0.3) is 10.0 Å². The fourth-order valence-electron chi connectivity index (χ4n) is 2.67. The maximum Gasteiger partial charge on any atom is 0.262 e. The van der Waals surface area contributed by atoms with Gasteiger partial charge in [-0.25, -0.2) is 12.8 Å². The Morgan fingerprint density at radius 3 is 2.59 bits per heavy atom. The summed E-state index contributed by atoms with van der Waals surface area (Å²) < 4.78 is 53.4. The lowest BCUT2D eigenvalue weighted by Crippen LogP contribution is -2.15. The maximum absolute atomic E-state index is 14.0. The summed E-state index contributed by atoms with van der Waals surface area (Å²) in [6.45, 7) is 4.44. The smallest absolute Gasteiger partial charge is 0.262 e. The Hall–Kier alpha value is -2.87. The van der Waals surface area contributed by atoms with Crippen LogP contribution in [-0.2, 0) is 10.0 Å². The van der Waals surface area contributed by atoms with Gasteiger partial charge in [0.15, 0.2) is 0 Å². The number of aromatic nitrogens is 1. The molecule has 3 rings (SSSR count). The number of benzene rings is 2. The van der Waals surface area contributed by atoms with Crippen LogP contribution in [0.5, 0.6) is 11.5 Å². The minimum Gasteiger partial charge on any atom is -0.494 e. The number of hydrogen-bond donors (Lipinski definition) is 1. The van der Waals surface area contributed by atoms with E-state index in [1.54, 1.807) is 31.2 Å². The Balaban J connectivity index is 2.07. The second-order valence-corrected chi connectivity index (χ2v) is 7.23. The topological polar surface area (TPSA) is 77.5 Å². The van der Waals surface area contributed by atoms with Crippen molar-refractivity contribution in [1.82, 2.24) is 4.98 Å². The zero-order chi connectivity index (χ0) is 19.4. The molecule has 1 aromatic heterocycles. The third-order valence-electron chi connectivity index (χ3n) is 3.78. The molecule has 0 radical (unpaired) electrons. The van der Waals surface area contributed by atoms with E-state index in [0.717, 1.165) is 6.07 Å². The first kappa shape index (κ1) is 18.9. The first-order chi connectivity index (χ1) is 13.0. The molecular formula is C19H19FN2O4S. The van der Waals surface area contributed by atoms with Gasteiger partial charge >= 0.3 is 0 Å². The average Bonchev–Trinajstić information content (AvgIpc) is 2.64. The molecule has 3 aromatic rings. The number of anilines is 1. The van der Waals surface area contributed by atoms with Gasteiger partial charge in [-0.2, -0.15) is 0 Å². The van der Waals surface area contributed by atoms with Gasteiger partial charge in [0.2, 0.25) is 0 Å². The van der Waals surface area contributed by atoms with E-state index in [0.29, 0.717) is 24.7 Å². The Morgan fingerprint density at radius 2 is 1.85 bits per heavy atom. The highest BCUT2D eigenvalue weighted by Gasteiger charge is 2.21. The summed E-state index contributed by atoms with van der Waals surface area (Å²) in [6, 6.07) is 10.3. The van der Waals surface area contributed by atoms with Crippen LogP contribution in [0.15, 0.2) is 53.6 Å². The van der Waals surface area contributed by atoms with Gasteiger partial charge < -0.3 is 9.47 Å². The second kappa shape index (κ2) is 7.79. The highest BCUT2D eigenvalue weighted by molar-refractivity contribution is 7.93. The number of nitrogens with zero attached hydrogens (tertiary/aromatic N) is 1. The van der Waals surface area contributed by atoms with Crippen molar-refractivity contribution in [3.63, 3.8) is 0 Å². The zero-order valence-corrected chi connectivity index (χ0v) is 15.7. The first-order valence-corrected chi connectivity index (χ1v) is 9.90. The summed E-state index contributed by atoms with van der Waals surface area (Å²) in [5, 5.41) is 0.198. The second-order valence-electron chi connectivity index (χ2n) is 5.57. The molecule has 2 aromatic carbocycles. The average molecular weight is 390 g/mol. The number of sulfonamides is 1. The predicted octanol–water partition coefficient (Wildman–Crippen LogP) is 3.97. The van der Waals surface area contributed by atoms with Crippen molar-refractivity contribution < 1.29 is 22.3 Å². The molecule has 1 N–H and O–H groups in total. The van der Waals surface area contributed by atoms with E-state index in [4.69, 9.17) is 9.47 Å². The Kier molecular flexibility index (Phi) is 5.46. The fraction of sp³-hybridized carbons (Fsp3) is 0.211. The van der Waals surface area contributed by atoms with Gasteiger partial charge in [-0.3, -0.25) is 9.71 Å². The summed E-state index contributed by atoms with van der Waals surface area (Å²) in [6.07, 6.45) is 1.41. The highest BCUT2D eigenvalue weighted by Crippen LogP contribution is 2.33. The fourth-order valence-corrected chi connectivity index (χ4v) is 3.93. The predicted molar refractivity (Wildman–Crippen MR) is 101 cm³/mol. The van der Waals surface area contributed by atoms with Crippen LogP contribution in [-0.4, -0.2) is 26.6 Å². The molecule has 0 saturated heterocycles. The zero-order valence-electron chi connectivity index (χ0n) is 14.9. The van der Waals surface area contributed by atoms with Crippen molar-refractivity contribution in [3.8, 4) is 11.5 Å². The normalized spacial score (nSPS) is 11.4. The van der Waals surface area contributed by atoms with Crippen LogP contribution in [0.2, 0.25) is 0 Å². The van der Waals surface area contributed by atoms with Gasteiger partial charge in [-0.05, 0) is 50.2 Å². The van der Waals surface area contributed by atoms with Gasteiger partial charge in [0.05, 0.1) is 23.8 Å². The minimum absolute atomic E-state index is 0.00604.